The Morgan fingerprint density at radius 1 is 1.08 bits per heavy atom. The lowest BCUT2D eigenvalue weighted by atomic mass is 9.98. The molecule has 0 spiro atoms. The third-order valence-electron chi connectivity index (χ3n) is 6.05. The van der Waals surface area contributed by atoms with Gasteiger partial charge in [0, 0.05) is 16.0 Å². The normalized spacial score (nSPS) is 14.9. The van der Waals surface area contributed by atoms with E-state index < -0.39 is 11.9 Å². The molecule has 2 aromatic carbocycles. The van der Waals surface area contributed by atoms with E-state index in [1.54, 1.807) is 29.8 Å². The van der Waals surface area contributed by atoms with Crippen LogP contribution in [0.3, 0.4) is 0 Å². The summed E-state index contributed by atoms with van der Waals surface area (Å²) in [5, 5.41) is 2.69. The van der Waals surface area contributed by atoms with Crippen molar-refractivity contribution in [2.75, 3.05) is 18.1 Å². The highest BCUT2D eigenvalue weighted by molar-refractivity contribution is 9.10. The minimum atomic E-state index is -0.716. The minimum Gasteiger partial charge on any atom is -0.490 e. The van der Waals surface area contributed by atoms with Crippen molar-refractivity contribution in [1.82, 2.24) is 4.98 Å². The molecule has 1 aliphatic rings. The van der Waals surface area contributed by atoms with Crippen molar-refractivity contribution >= 4 is 49.3 Å². The van der Waals surface area contributed by atoms with Gasteiger partial charge in [-0.15, -0.1) is 11.3 Å². The number of amides is 1. The molecule has 0 N–H and O–H groups in total. The van der Waals surface area contributed by atoms with Gasteiger partial charge >= 0.3 is 0 Å². The van der Waals surface area contributed by atoms with Crippen LogP contribution in [0.25, 0.3) is 11.0 Å². The van der Waals surface area contributed by atoms with E-state index >= 15 is 0 Å². The molecule has 186 valence electrons. The molecule has 0 aliphatic carbocycles. The number of hydrogen-bond donors (Lipinski definition) is 0. The summed E-state index contributed by atoms with van der Waals surface area (Å²) in [5.74, 6) is 0.841. The molecule has 1 unspecified atom stereocenters. The summed E-state index contributed by atoms with van der Waals surface area (Å²) >= 11 is 4.76. The molecule has 2 aromatic heterocycles. The van der Waals surface area contributed by atoms with E-state index in [2.05, 4.69) is 27.8 Å². The number of rotatable bonds is 9. The lowest BCUT2D eigenvalue weighted by molar-refractivity contribution is 0.0971. The molecule has 1 atom stereocenters. The van der Waals surface area contributed by atoms with Crippen LogP contribution in [0, 0.1) is 0 Å². The predicted molar refractivity (Wildman–Crippen MR) is 144 cm³/mol. The van der Waals surface area contributed by atoms with E-state index in [1.165, 1.54) is 16.2 Å². The highest BCUT2D eigenvalue weighted by Gasteiger charge is 2.45. The quantitative estimate of drug-likeness (QED) is 0.208. The third-order valence-corrected chi connectivity index (χ3v) is 7.31. The van der Waals surface area contributed by atoms with Crippen LogP contribution in [-0.2, 0) is 0 Å². The second kappa shape index (κ2) is 10.4. The number of hydrogen-bond acceptors (Lipinski definition) is 7. The molecular weight excluding hydrogens is 544 g/mol. The molecule has 36 heavy (non-hydrogen) atoms. The van der Waals surface area contributed by atoms with E-state index in [0.29, 0.717) is 51.9 Å². The largest absolute Gasteiger partial charge is 0.490 e. The summed E-state index contributed by atoms with van der Waals surface area (Å²) in [5.41, 5.74) is 1.12. The first kappa shape index (κ1) is 24.5. The highest BCUT2D eigenvalue weighted by atomic mass is 79.9. The molecule has 0 bridgehead atoms. The highest BCUT2D eigenvalue weighted by Crippen LogP contribution is 2.44. The Hall–Kier alpha value is -3.17. The third kappa shape index (κ3) is 4.41. The molecule has 1 aliphatic heterocycles. The molecule has 4 aromatic rings. The van der Waals surface area contributed by atoms with Gasteiger partial charge in [0.25, 0.3) is 5.91 Å². The van der Waals surface area contributed by atoms with Gasteiger partial charge in [0.1, 0.15) is 5.58 Å². The Labute approximate surface area is 220 Å². The van der Waals surface area contributed by atoms with Crippen molar-refractivity contribution in [1.29, 1.82) is 0 Å². The Balaban J connectivity index is 1.66. The van der Waals surface area contributed by atoms with Crippen LogP contribution < -0.4 is 19.8 Å². The summed E-state index contributed by atoms with van der Waals surface area (Å²) in [6, 6.07) is 10.0. The molecular formula is C27H25BrN2O5S. The van der Waals surface area contributed by atoms with Crippen molar-refractivity contribution < 1.29 is 18.7 Å². The topological polar surface area (TPSA) is 81.9 Å². The van der Waals surface area contributed by atoms with Crippen molar-refractivity contribution in [3.63, 3.8) is 0 Å². The summed E-state index contributed by atoms with van der Waals surface area (Å²) in [7, 11) is 0. The fraction of sp³-hybridized carbons (Fsp3) is 0.296. The Kier molecular flexibility index (Phi) is 7.11. The van der Waals surface area contributed by atoms with E-state index in [4.69, 9.17) is 13.9 Å². The Morgan fingerprint density at radius 3 is 2.69 bits per heavy atom. The van der Waals surface area contributed by atoms with Crippen LogP contribution >= 0.6 is 27.3 Å². The first-order valence-electron chi connectivity index (χ1n) is 11.9. The van der Waals surface area contributed by atoms with Gasteiger partial charge in [-0.05, 0) is 49.2 Å². The first-order chi connectivity index (χ1) is 17.5. The second-order valence-electron chi connectivity index (χ2n) is 8.40. The van der Waals surface area contributed by atoms with E-state index in [-0.39, 0.29) is 11.2 Å². The zero-order chi connectivity index (χ0) is 25.2. The molecule has 0 fully saturated rings. The number of anilines is 1. The standard InChI is InChI=1S/C27H25BrN2O5S/c1-3-5-6-12-34-20-9-7-16(14-21(20)33-4-2)23-22-24(31)18-15-17(28)8-10-19(18)35-25(22)26(32)30(23)27-29-11-13-36-27/h7-11,13-15,23H,3-6,12H2,1-2H3. The first-order valence-corrected chi connectivity index (χ1v) is 13.6. The molecule has 0 saturated carbocycles. The fourth-order valence-electron chi connectivity index (χ4n) is 4.41. The van der Waals surface area contributed by atoms with Gasteiger partial charge in [0.2, 0.25) is 5.76 Å². The number of ether oxygens (including phenoxy) is 2. The number of nitrogens with zero attached hydrogens (tertiary/aromatic N) is 2. The average Bonchev–Trinajstić information content (AvgIpc) is 3.50. The molecule has 1 amide bonds. The summed E-state index contributed by atoms with van der Waals surface area (Å²) in [6.45, 7) is 5.09. The Morgan fingerprint density at radius 2 is 1.94 bits per heavy atom. The van der Waals surface area contributed by atoms with E-state index in [1.807, 2.05) is 25.1 Å². The molecule has 0 saturated heterocycles. The molecule has 5 rings (SSSR count). The number of unbranched alkanes of at least 4 members (excludes halogenated alkanes) is 2. The number of carbonyl (C=O) groups is 1. The summed E-state index contributed by atoms with van der Waals surface area (Å²) < 4.78 is 18.7. The van der Waals surface area contributed by atoms with Gasteiger partial charge in [-0.2, -0.15) is 0 Å². The zero-order valence-corrected chi connectivity index (χ0v) is 22.4. The van der Waals surface area contributed by atoms with Gasteiger partial charge in [0.05, 0.1) is 30.2 Å². The number of fused-ring (bicyclic) bond motifs is 2. The van der Waals surface area contributed by atoms with Crippen LogP contribution in [0.1, 0.15) is 60.8 Å². The predicted octanol–water partition coefficient (Wildman–Crippen LogP) is 6.73. The maximum Gasteiger partial charge on any atom is 0.297 e. The lowest BCUT2D eigenvalue weighted by Gasteiger charge is -2.23. The Bertz CT molecular complexity index is 1470. The zero-order valence-electron chi connectivity index (χ0n) is 20.0. The number of thiazole rings is 1. The molecule has 3 heterocycles. The van der Waals surface area contributed by atoms with Crippen molar-refractivity contribution in [3.8, 4) is 11.5 Å². The van der Waals surface area contributed by atoms with Crippen molar-refractivity contribution in [2.24, 2.45) is 0 Å². The van der Waals surface area contributed by atoms with Crippen molar-refractivity contribution in [2.45, 2.75) is 39.2 Å². The lowest BCUT2D eigenvalue weighted by Crippen LogP contribution is -2.29. The maximum atomic E-state index is 13.8. The van der Waals surface area contributed by atoms with Gasteiger partial charge in [-0.1, -0.05) is 41.8 Å². The van der Waals surface area contributed by atoms with Gasteiger partial charge in [-0.3, -0.25) is 14.5 Å². The summed E-state index contributed by atoms with van der Waals surface area (Å²) in [4.78, 5) is 33.3. The number of aromatic nitrogens is 1. The van der Waals surface area contributed by atoms with Crippen LogP contribution in [0.2, 0.25) is 0 Å². The van der Waals surface area contributed by atoms with Crippen LogP contribution in [0.5, 0.6) is 11.5 Å². The molecule has 0 radical (unpaired) electrons. The number of benzene rings is 2. The van der Waals surface area contributed by atoms with Gasteiger partial charge in [0.15, 0.2) is 22.1 Å². The van der Waals surface area contributed by atoms with Gasteiger partial charge < -0.3 is 13.9 Å². The SMILES string of the molecule is CCCCCOc1ccc(C2c3c(oc4ccc(Br)cc4c3=O)C(=O)N2c2nccs2)cc1OCC. The van der Waals surface area contributed by atoms with Gasteiger partial charge in [-0.25, -0.2) is 4.98 Å². The van der Waals surface area contributed by atoms with Crippen LogP contribution in [0.4, 0.5) is 5.13 Å². The van der Waals surface area contributed by atoms with E-state index in [9.17, 15) is 9.59 Å². The molecule has 7 nitrogen and oxygen atoms in total. The van der Waals surface area contributed by atoms with E-state index in [0.717, 1.165) is 23.7 Å². The number of halogens is 1. The smallest absolute Gasteiger partial charge is 0.297 e. The second-order valence-corrected chi connectivity index (χ2v) is 10.2. The maximum absolute atomic E-state index is 13.8. The minimum absolute atomic E-state index is 0.0351. The number of carbonyl (C=O) groups excluding carboxylic acids is 1. The fourth-order valence-corrected chi connectivity index (χ4v) is 5.44. The van der Waals surface area contributed by atoms with Crippen LogP contribution in [-0.4, -0.2) is 24.1 Å². The average molecular weight is 569 g/mol. The monoisotopic (exact) mass is 568 g/mol. The van der Waals surface area contributed by atoms with Crippen molar-refractivity contribution in [3.05, 3.63) is 79.6 Å². The summed E-state index contributed by atoms with van der Waals surface area (Å²) in [6.07, 6.45) is 4.78. The van der Waals surface area contributed by atoms with Crippen LogP contribution in [0.15, 0.2) is 61.7 Å². The molecule has 9 heteroatoms.